The molecule has 2 rings (SSSR count). The quantitative estimate of drug-likeness (QED) is 0.822. The molecule has 0 saturated carbocycles. The Balaban J connectivity index is 1.98. The SMILES string of the molecule is COC(=O)c1cc(NCC2CCSCC2)ncc1N. The second-order valence-electron chi connectivity index (χ2n) is 4.59. The number of anilines is 2. The van der Waals surface area contributed by atoms with E-state index in [1.54, 1.807) is 6.07 Å². The molecule has 6 heteroatoms. The highest BCUT2D eigenvalue weighted by Gasteiger charge is 2.15. The topological polar surface area (TPSA) is 77.2 Å². The van der Waals surface area contributed by atoms with Gasteiger partial charge in [0, 0.05) is 6.54 Å². The molecule has 1 aromatic heterocycles. The molecule has 104 valence electrons. The molecule has 0 amide bonds. The van der Waals surface area contributed by atoms with Gasteiger partial charge in [-0.15, -0.1) is 0 Å². The van der Waals surface area contributed by atoms with Crippen LogP contribution in [0.15, 0.2) is 12.3 Å². The van der Waals surface area contributed by atoms with E-state index in [0.29, 0.717) is 23.0 Å². The number of nitrogens with zero attached hydrogens (tertiary/aromatic N) is 1. The molecule has 0 spiro atoms. The summed E-state index contributed by atoms with van der Waals surface area (Å²) in [5.41, 5.74) is 6.41. The molecular weight excluding hydrogens is 262 g/mol. The van der Waals surface area contributed by atoms with Crippen LogP contribution in [0.4, 0.5) is 11.5 Å². The largest absolute Gasteiger partial charge is 0.465 e. The van der Waals surface area contributed by atoms with Gasteiger partial charge in [-0.1, -0.05) is 0 Å². The van der Waals surface area contributed by atoms with Crippen LogP contribution in [0.2, 0.25) is 0 Å². The molecule has 1 fully saturated rings. The zero-order valence-corrected chi connectivity index (χ0v) is 11.8. The first-order chi connectivity index (χ1) is 9.20. The molecule has 0 bridgehead atoms. The van der Waals surface area contributed by atoms with Gasteiger partial charge in [0.05, 0.1) is 24.6 Å². The van der Waals surface area contributed by atoms with Crippen LogP contribution in [0.1, 0.15) is 23.2 Å². The second kappa shape index (κ2) is 6.65. The number of pyridine rings is 1. The van der Waals surface area contributed by atoms with Crippen LogP contribution in [0, 0.1) is 5.92 Å². The number of carbonyl (C=O) groups excluding carboxylic acids is 1. The average molecular weight is 281 g/mol. The number of hydrogen-bond donors (Lipinski definition) is 2. The molecule has 1 aromatic rings. The maximum absolute atomic E-state index is 11.5. The summed E-state index contributed by atoms with van der Waals surface area (Å²) in [5, 5.41) is 3.28. The Morgan fingerprint density at radius 1 is 1.58 bits per heavy atom. The van der Waals surface area contributed by atoms with Crippen molar-refractivity contribution in [3.8, 4) is 0 Å². The van der Waals surface area contributed by atoms with E-state index in [1.807, 2.05) is 11.8 Å². The fraction of sp³-hybridized carbons (Fsp3) is 0.538. The molecular formula is C13H19N3O2S. The molecule has 19 heavy (non-hydrogen) atoms. The Morgan fingerprint density at radius 2 is 2.32 bits per heavy atom. The maximum atomic E-state index is 11.5. The predicted molar refractivity (Wildman–Crippen MR) is 78.5 cm³/mol. The molecule has 0 atom stereocenters. The third-order valence-corrected chi connectivity index (χ3v) is 4.30. The molecule has 0 unspecified atom stereocenters. The first-order valence-electron chi connectivity index (χ1n) is 6.36. The van der Waals surface area contributed by atoms with Crippen LogP contribution >= 0.6 is 11.8 Å². The van der Waals surface area contributed by atoms with E-state index in [1.165, 1.54) is 37.7 Å². The van der Waals surface area contributed by atoms with Gasteiger partial charge < -0.3 is 15.8 Å². The van der Waals surface area contributed by atoms with Crippen molar-refractivity contribution in [2.24, 2.45) is 5.92 Å². The summed E-state index contributed by atoms with van der Waals surface area (Å²) in [7, 11) is 1.34. The van der Waals surface area contributed by atoms with Gasteiger partial charge in [0.25, 0.3) is 0 Å². The molecule has 1 aliphatic heterocycles. The van der Waals surface area contributed by atoms with Gasteiger partial charge in [0.2, 0.25) is 0 Å². The van der Waals surface area contributed by atoms with Crippen molar-refractivity contribution < 1.29 is 9.53 Å². The summed E-state index contributed by atoms with van der Waals surface area (Å²) in [5.74, 6) is 3.39. The van der Waals surface area contributed by atoms with E-state index in [-0.39, 0.29) is 0 Å². The molecule has 5 nitrogen and oxygen atoms in total. The first-order valence-corrected chi connectivity index (χ1v) is 7.51. The van der Waals surface area contributed by atoms with E-state index < -0.39 is 5.97 Å². The lowest BCUT2D eigenvalue weighted by Gasteiger charge is -2.21. The van der Waals surface area contributed by atoms with E-state index in [2.05, 4.69) is 15.0 Å². The summed E-state index contributed by atoms with van der Waals surface area (Å²) in [4.78, 5) is 15.7. The first kappa shape index (κ1) is 14.0. The van der Waals surface area contributed by atoms with E-state index in [4.69, 9.17) is 5.73 Å². The smallest absolute Gasteiger partial charge is 0.340 e. The summed E-state index contributed by atoms with van der Waals surface area (Å²) in [6.45, 7) is 0.887. The van der Waals surface area contributed by atoms with Crippen molar-refractivity contribution in [2.75, 3.05) is 36.2 Å². The maximum Gasteiger partial charge on any atom is 0.340 e. The minimum absolute atomic E-state index is 0.339. The van der Waals surface area contributed by atoms with Crippen molar-refractivity contribution >= 4 is 29.2 Å². The molecule has 1 saturated heterocycles. The number of hydrogen-bond acceptors (Lipinski definition) is 6. The van der Waals surface area contributed by atoms with Crippen molar-refractivity contribution in [2.45, 2.75) is 12.8 Å². The monoisotopic (exact) mass is 281 g/mol. The van der Waals surface area contributed by atoms with Crippen LogP contribution in [0.5, 0.6) is 0 Å². The predicted octanol–water partition coefficient (Wildman–Crippen LogP) is 2.01. The van der Waals surface area contributed by atoms with Crippen molar-refractivity contribution in [3.63, 3.8) is 0 Å². The van der Waals surface area contributed by atoms with Gasteiger partial charge in [-0.05, 0) is 36.3 Å². The van der Waals surface area contributed by atoms with Gasteiger partial charge in [-0.2, -0.15) is 11.8 Å². The molecule has 1 aliphatic rings. The van der Waals surface area contributed by atoms with Crippen LogP contribution in [0.3, 0.4) is 0 Å². The average Bonchev–Trinajstić information content (AvgIpc) is 2.46. The van der Waals surface area contributed by atoms with Crippen molar-refractivity contribution in [1.29, 1.82) is 0 Å². The lowest BCUT2D eigenvalue weighted by atomic mass is 10.0. The number of esters is 1. The number of nitrogens with one attached hydrogen (secondary N) is 1. The van der Waals surface area contributed by atoms with Crippen LogP contribution in [0.25, 0.3) is 0 Å². The fourth-order valence-electron chi connectivity index (χ4n) is 2.05. The van der Waals surface area contributed by atoms with E-state index in [9.17, 15) is 4.79 Å². The molecule has 0 aromatic carbocycles. The molecule has 0 aliphatic carbocycles. The number of carbonyl (C=O) groups is 1. The summed E-state index contributed by atoms with van der Waals surface area (Å²) in [6, 6.07) is 1.65. The Labute approximate surface area is 117 Å². The Hall–Kier alpha value is -1.43. The zero-order valence-electron chi connectivity index (χ0n) is 11.0. The zero-order chi connectivity index (χ0) is 13.7. The number of thioether (sulfide) groups is 1. The van der Waals surface area contributed by atoms with Gasteiger partial charge in [0.15, 0.2) is 0 Å². The minimum atomic E-state index is -0.433. The molecule has 3 N–H and O–H groups in total. The summed E-state index contributed by atoms with van der Waals surface area (Å²) >= 11 is 2.01. The van der Waals surface area contributed by atoms with Gasteiger partial charge in [0.1, 0.15) is 5.82 Å². The molecule has 0 radical (unpaired) electrons. The van der Waals surface area contributed by atoms with E-state index in [0.717, 1.165) is 6.54 Å². The standard InChI is InChI=1S/C13H19N3O2S/c1-18-13(17)10-6-12(16-8-11(10)14)15-7-9-2-4-19-5-3-9/h6,8-9H,2-5,7,14H2,1H3,(H,15,16). The number of methoxy groups -OCH3 is 1. The van der Waals surface area contributed by atoms with Crippen molar-refractivity contribution in [1.82, 2.24) is 4.98 Å². The lowest BCUT2D eigenvalue weighted by Crippen LogP contribution is -2.20. The highest BCUT2D eigenvalue weighted by atomic mass is 32.2. The van der Waals surface area contributed by atoms with Crippen LogP contribution < -0.4 is 11.1 Å². The Morgan fingerprint density at radius 3 is 3.00 bits per heavy atom. The number of rotatable bonds is 4. The number of aromatic nitrogens is 1. The minimum Gasteiger partial charge on any atom is -0.465 e. The van der Waals surface area contributed by atoms with Crippen LogP contribution in [-0.2, 0) is 4.74 Å². The normalized spacial score (nSPS) is 16.1. The highest BCUT2D eigenvalue weighted by molar-refractivity contribution is 7.99. The van der Waals surface area contributed by atoms with Crippen LogP contribution in [-0.4, -0.2) is 36.1 Å². The Kier molecular flexibility index (Phi) is 4.90. The fourth-order valence-corrected chi connectivity index (χ4v) is 3.25. The van der Waals surface area contributed by atoms with Gasteiger partial charge in [-0.25, -0.2) is 9.78 Å². The Bertz CT molecular complexity index is 448. The molecule has 2 heterocycles. The third-order valence-electron chi connectivity index (χ3n) is 3.25. The second-order valence-corrected chi connectivity index (χ2v) is 5.81. The van der Waals surface area contributed by atoms with Gasteiger partial charge >= 0.3 is 5.97 Å². The summed E-state index contributed by atoms with van der Waals surface area (Å²) in [6.07, 6.45) is 3.96. The lowest BCUT2D eigenvalue weighted by molar-refractivity contribution is 0.0602. The van der Waals surface area contributed by atoms with Crippen molar-refractivity contribution in [3.05, 3.63) is 17.8 Å². The number of nitrogens with two attached hydrogens (primary N) is 1. The summed E-state index contributed by atoms with van der Waals surface area (Å²) < 4.78 is 4.69. The van der Waals surface area contributed by atoms with E-state index >= 15 is 0 Å². The van der Waals surface area contributed by atoms with Gasteiger partial charge in [-0.3, -0.25) is 0 Å². The number of ether oxygens (including phenoxy) is 1. The number of nitrogen functional groups attached to an aromatic ring is 1. The third kappa shape index (κ3) is 3.76. The highest BCUT2D eigenvalue weighted by Crippen LogP contribution is 2.23.